The molecule has 0 aliphatic heterocycles. The minimum absolute atomic E-state index is 0.668. The molecular weight excluding hydrogens is 140 g/mol. The number of aromatic nitrogens is 2. The largest absolute Gasteiger partial charge is 0.359 e. The molecule has 0 bridgehead atoms. The molecule has 0 saturated heterocycles. The van der Waals surface area contributed by atoms with Crippen LogP contribution >= 0.6 is 0 Å². The molecule has 0 fully saturated rings. The highest BCUT2D eigenvalue weighted by atomic mass is 15.3. The Morgan fingerprint density at radius 3 is 2.91 bits per heavy atom. The third-order valence-electron chi connectivity index (χ3n) is 1.65. The van der Waals surface area contributed by atoms with Crippen LogP contribution in [0.2, 0.25) is 0 Å². The highest BCUT2D eigenvalue weighted by Crippen LogP contribution is 2.07. The van der Waals surface area contributed by atoms with Crippen LogP contribution in [0.4, 0.5) is 5.82 Å². The molecule has 0 spiro atoms. The van der Waals surface area contributed by atoms with E-state index in [0.717, 1.165) is 12.4 Å². The third-order valence-corrected chi connectivity index (χ3v) is 1.65. The maximum absolute atomic E-state index is 5.41. The highest BCUT2D eigenvalue weighted by molar-refractivity contribution is 5.36. The summed E-state index contributed by atoms with van der Waals surface area (Å²) in [5, 5.41) is 4.05. The number of nitrogens with two attached hydrogens (primary N) is 1. The van der Waals surface area contributed by atoms with E-state index >= 15 is 0 Å². The molecule has 62 valence electrons. The number of hydrogen-bond donors (Lipinski definition) is 1. The van der Waals surface area contributed by atoms with Crippen molar-refractivity contribution in [1.29, 1.82) is 0 Å². The first-order chi connectivity index (χ1) is 5.25. The Bertz CT molecular complexity index is 218. The first-order valence-electron chi connectivity index (χ1n) is 3.65. The molecule has 0 aliphatic rings. The molecule has 4 nitrogen and oxygen atoms in total. The van der Waals surface area contributed by atoms with Crippen LogP contribution in [-0.4, -0.2) is 29.9 Å². The van der Waals surface area contributed by atoms with Crippen molar-refractivity contribution >= 4 is 5.82 Å². The predicted molar refractivity (Wildman–Crippen MR) is 45.5 cm³/mol. The summed E-state index contributed by atoms with van der Waals surface area (Å²) in [5.74, 6) is 1.09. The van der Waals surface area contributed by atoms with Crippen molar-refractivity contribution < 1.29 is 0 Å². The highest BCUT2D eigenvalue weighted by Gasteiger charge is 2.02. The van der Waals surface area contributed by atoms with Gasteiger partial charge in [-0.2, -0.15) is 5.10 Å². The smallest absolute Gasteiger partial charge is 0.126 e. The van der Waals surface area contributed by atoms with E-state index in [0.29, 0.717) is 6.54 Å². The summed E-state index contributed by atoms with van der Waals surface area (Å²) >= 11 is 0. The summed E-state index contributed by atoms with van der Waals surface area (Å²) in [7, 11) is 3.92. The lowest BCUT2D eigenvalue weighted by atomic mass is 10.5. The van der Waals surface area contributed by atoms with Gasteiger partial charge in [-0.05, 0) is 0 Å². The van der Waals surface area contributed by atoms with Crippen LogP contribution in [-0.2, 0) is 7.05 Å². The zero-order valence-electron chi connectivity index (χ0n) is 6.99. The maximum atomic E-state index is 5.41. The van der Waals surface area contributed by atoms with Gasteiger partial charge >= 0.3 is 0 Å². The van der Waals surface area contributed by atoms with Gasteiger partial charge in [0.15, 0.2) is 0 Å². The average molecular weight is 154 g/mol. The van der Waals surface area contributed by atoms with Gasteiger partial charge in [0.1, 0.15) is 5.82 Å². The van der Waals surface area contributed by atoms with Gasteiger partial charge in [-0.1, -0.05) is 0 Å². The van der Waals surface area contributed by atoms with Crippen molar-refractivity contribution in [2.45, 2.75) is 0 Å². The number of likely N-dealkylation sites (N-methyl/N-ethyl adjacent to an activating group) is 1. The molecule has 0 saturated carbocycles. The Balaban J connectivity index is 2.67. The summed E-state index contributed by atoms with van der Waals surface area (Å²) in [4.78, 5) is 2.08. The summed E-state index contributed by atoms with van der Waals surface area (Å²) in [5.41, 5.74) is 5.41. The number of aryl methyl sites for hydroxylation is 1. The van der Waals surface area contributed by atoms with Crippen LogP contribution in [0.25, 0.3) is 0 Å². The first kappa shape index (κ1) is 8.07. The SMILES string of the molecule is CN(CCN)c1ccnn1C. The van der Waals surface area contributed by atoms with Gasteiger partial charge in [0.05, 0.1) is 6.20 Å². The van der Waals surface area contributed by atoms with Gasteiger partial charge in [0.25, 0.3) is 0 Å². The van der Waals surface area contributed by atoms with Crippen LogP contribution < -0.4 is 10.6 Å². The van der Waals surface area contributed by atoms with Gasteiger partial charge in [0.2, 0.25) is 0 Å². The topological polar surface area (TPSA) is 47.1 Å². The summed E-state index contributed by atoms with van der Waals surface area (Å²) < 4.78 is 1.83. The van der Waals surface area contributed by atoms with Crippen molar-refractivity contribution in [2.75, 3.05) is 25.0 Å². The van der Waals surface area contributed by atoms with Gasteiger partial charge in [-0.15, -0.1) is 0 Å². The number of anilines is 1. The molecule has 0 unspecified atom stereocenters. The molecule has 1 aromatic heterocycles. The quantitative estimate of drug-likeness (QED) is 0.656. The lowest BCUT2D eigenvalue weighted by Gasteiger charge is -2.17. The number of nitrogens with zero attached hydrogens (tertiary/aromatic N) is 3. The molecule has 2 N–H and O–H groups in total. The van der Waals surface area contributed by atoms with Crippen LogP contribution in [0.15, 0.2) is 12.3 Å². The van der Waals surface area contributed by atoms with Crippen LogP contribution in [0.5, 0.6) is 0 Å². The maximum Gasteiger partial charge on any atom is 0.126 e. The molecule has 1 rings (SSSR count). The molecule has 1 heterocycles. The van der Waals surface area contributed by atoms with Crippen LogP contribution in [0.3, 0.4) is 0 Å². The van der Waals surface area contributed by atoms with E-state index in [1.807, 2.05) is 24.8 Å². The molecule has 4 heteroatoms. The van der Waals surface area contributed by atoms with Crippen LogP contribution in [0, 0.1) is 0 Å². The van der Waals surface area contributed by atoms with E-state index in [4.69, 9.17) is 5.73 Å². The molecule has 1 aromatic rings. The minimum atomic E-state index is 0.668. The van der Waals surface area contributed by atoms with Gasteiger partial charge in [-0.25, -0.2) is 0 Å². The molecule has 0 aromatic carbocycles. The van der Waals surface area contributed by atoms with E-state index in [1.165, 1.54) is 0 Å². The van der Waals surface area contributed by atoms with Gasteiger partial charge in [-0.3, -0.25) is 4.68 Å². The van der Waals surface area contributed by atoms with E-state index in [-0.39, 0.29) is 0 Å². The predicted octanol–water partition coefficient (Wildman–Crippen LogP) is -0.185. The van der Waals surface area contributed by atoms with E-state index in [1.54, 1.807) is 6.20 Å². The van der Waals surface area contributed by atoms with Crippen molar-refractivity contribution in [2.24, 2.45) is 12.8 Å². The first-order valence-corrected chi connectivity index (χ1v) is 3.65. The van der Waals surface area contributed by atoms with Gasteiger partial charge < -0.3 is 10.6 Å². The van der Waals surface area contributed by atoms with Crippen molar-refractivity contribution in [3.63, 3.8) is 0 Å². The fourth-order valence-electron chi connectivity index (χ4n) is 1.05. The van der Waals surface area contributed by atoms with Crippen molar-refractivity contribution in [3.8, 4) is 0 Å². The fraction of sp³-hybridized carbons (Fsp3) is 0.571. The van der Waals surface area contributed by atoms with E-state index in [2.05, 4.69) is 10.00 Å². The second-order valence-electron chi connectivity index (χ2n) is 2.52. The molecule has 0 aliphatic carbocycles. The molecule has 0 amide bonds. The molecular formula is C7H14N4. The summed E-state index contributed by atoms with van der Waals surface area (Å²) in [6, 6.07) is 1.97. The second-order valence-corrected chi connectivity index (χ2v) is 2.52. The van der Waals surface area contributed by atoms with Crippen LogP contribution in [0.1, 0.15) is 0 Å². The molecule has 0 radical (unpaired) electrons. The number of rotatable bonds is 3. The Hall–Kier alpha value is -1.03. The third kappa shape index (κ3) is 1.71. The molecule has 0 atom stereocenters. The average Bonchev–Trinajstić information content (AvgIpc) is 2.36. The minimum Gasteiger partial charge on any atom is -0.359 e. The summed E-state index contributed by atoms with van der Waals surface area (Å²) in [6.07, 6.45) is 1.78. The van der Waals surface area contributed by atoms with Gasteiger partial charge in [0, 0.05) is 33.3 Å². The zero-order chi connectivity index (χ0) is 8.27. The standard InChI is InChI=1S/C7H14N4/c1-10(6-4-8)7-3-5-9-11(7)2/h3,5H,4,6,8H2,1-2H3. The lowest BCUT2D eigenvalue weighted by molar-refractivity contribution is 0.733. The van der Waals surface area contributed by atoms with Crippen molar-refractivity contribution in [3.05, 3.63) is 12.3 Å². The normalized spacial score (nSPS) is 10.1. The molecule has 11 heavy (non-hydrogen) atoms. The fourth-order valence-corrected chi connectivity index (χ4v) is 1.05. The summed E-state index contributed by atoms with van der Waals surface area (Å²) in [6.45, 7) is 1.53. The Kier molecular flexibility index (Phi) is 2.48. The monoisotopic (exact) mass is 154 g/mol. The van der Waals surface area contributed by atoms with E-state index in [9.17, 15) is 0 Å². The van der Waals surface area contributed by atoms with Crippen molar-refractivity contribution in [1.82, 2.24) is 9.78 Å². The van der Waals surface area contributed by atoms with E-state index < -0.39 is 0 Å². The number of hydrogen-bond acceptors (Lipinski definition) is 3. The zero-order valence-corrected chi connectivity index (χ0v) is 6.99. The Morgan fingerprint density at radius 2 is 2.45 bits per heavy atom. The Morgan fingerprint density at radius 1 is 1.73 bits per heavy atom. The Labute approximate surface area is 66.6 Å². The lowest BCUT2D eigenvalue weighted by Crippen LogP contribution is -2.26. The second kappa shape index (κ2) is 3.39.